The molecule has 0 saturated heterocycles. The van der Waals surface area contributed by atoms with Crippen LogP contribution in [0.3, 0.4) is 0 Å². The van der Waals surface area contributed by atoms with E-state index in [4.69, 9.17) is 10.9 Å². The molecule has 0 rings (SSSR count). The highest BCUT2D eigenvalue weighted by molar-refractivity contribution is 8.00. The van der Waals surface area contributed by atoms with Crippen LogP contribution in [-0.4, -0.2) is 22.0 Å². The highest BCUT2D eigenvalue weighted by Crippen LogP contribution is 2.17. The minimum absolute atomic E-state index is 0.164. The Morgan fingerprint density at radius 1 is 1.58 bits per heavy atom. The van der Waals surface area contributed by atoms with Gasteiger partial charge in [-0.25, -0.2) is 0 Å². The number of nitrogens with two attached hydrogens (primary N) is 1. The SMILES string of the molecule is CCC(SCC(C)C)C(N)=NO. The van der Waals surface area contributed by atoms with Crippen molar-refractivity contribution in [3.63, 3.8) is 0 Å². The van der Waals surface area contributed by atoms with Gasteiger partial charge >= 0.3 is 0 Å². The molecule has 0 saturated carbocycles. The number of thioether (sulfide) groups is 1. The fourth-order valence-electron chi connectivity index (χ4n) is 0.785. The third-order valence-corrected chi connectivity index (χ3v) is 3.28. The zero-order valence-electron chi connectivity index (χ0n) is 7.95. The van der Waals surface area contributed by atoms with E-state index in [1.54, 1.807) is 11.8 Å². The van der Waals surface area contributed by atoms with E-state index < -0.39 is 0 Å². The van der Waals surface area contributed by atoms with Crippen molar-refractivity contribution < 1.29 is 5.21 Å². The first-order valence-corrected chi connectivity index (χ1v) is 5.25. The van der Waals surface area contributed by atoms with Gasteiger partial charge in [0.15, 0.2) is 5.84 Å². The maximum Gasteiger partial charge on any atom is 0.152 e. The molecular weight excluding hydrogens is 172 g/mol. The molecule has 1 unspecified atom stereocenters. The molecule has 0 amide bonds. The molecule has 0 aliphatic rings. The minimum Gasteiger partial charge on any atom is -0.409 e. The monoisotopic (exact) mass is 190 g/mol. The largest absolute Gasteiger partial charge is 0.409 e. The van der Waals surface area contributed by atoms with Gasteiger partial charge in [0.2, 0.25) is 0 Å². The Bertz CT molecular complexity index is 148. The second-order valence-corrected chi connectivity index (χ2v) is 4.38. The lowest BCUT2D eigenvalue weighted by Gasteiger charge is -2.13. The molecule has 0 aliphatic heterocycles. The lowest BCUT2D eigenvalue weighted by atomic mass is 10.3. The van der Waals surface area contributed by atoms with Crippen LogP contribution in [0.15, 0.2) is 5.16 Å². The van der Waals surface area contributed by atoms with Crippen molar-refractivity contribution in [3.05, 3.63) is 0 Å². The van der Waals surface area contributed by atoms with Gasteiger partial charge in [-0.3, -0.25) is 0 Å². The second-order valence-electron chi connectivity index (χ2n) is 3.15. The normalized spacial score (nSPS) is 15.2. The molecule has 1 atom stereocenters. The Morgan fingerprint density at radius 3 is 2.50 bits per heavy atom. The summed E-state index contributed by atoms with van der Waals surface area (Å²) >= 11 is 1.75. The van der Waals surface area contributed by atoms with Crippen LogP contribution in [0.5, 0.6) is 0 Å². The van der Waals surface area contributed by atoms with Crippen LogP contribution in [0, 0.1) is 5.92 Å². The highest BCUT2D eigenvalue weighted by Gasteiger charge is 2.12. The van der Waals surface area contributed by atoms with Gasteiger partial charge in [-0.2, -0.15) is 11.8 Å². The quantitative estimate of drug-likeness (QED) is 0.301. The molecular formula is C8H18N2OS. The summed E-state index contributed by atoms with van der Waals surface area (Å²) < 4.78 is 0. The number of rotatable bonds is 5. The maximum absolute atomic E-state index is 8.45. The lowest BCUT2D eigenvalue weighted by Crippen LogP contribution is -2.26. The molecule has 0 aromatic carbocycles. The van der Waals surface area contributed by atoms with Crippen LogP contribution >= 0.6 is 11.8 Å². The number of hydrogen-bond donors (Lipinski definition) is 2. The Balaban J connectivity index is 3.84. The first-order chi connectivity index (χ1) is 5.61. The van der Waals surface area contributed by atoms with E-state index in [1.807, 2.05) is 6.92 Å². The maximum atomic E-state index is 8.45. The lowest BCUT2D eigenvalue weighted by molar-refractivity contribution is 0.317. The molecule has 0 aromatic heterocycles. The summed E-state index contributed by atoms with van der Waals surface area (Å²) in [5, 5.41) is 11.6. The van der Waals surface area contributed by atoms with Crippen LogP contribution in [0.2, 0.25) is 0 Å². The zero-order valence-corrected chi connectivity index (χ0v) is 8.77. The number of nitrogens with zero attached hydrogens (tertiary/aromatic N) is 1. The highest BCUT2D eigenvalue weighted by atomic mass is 32.2. The summed E-state index contributed by atoms with van der Waals surface area (Å²) in [5.74, 6) is 2.04. The first kappa shape index (κ1) is 11.6. The smallest absolute Gasteiger partial charge is 0.152 e. The Kier molecular flexibility index (Phi) is 5.98. The Labute approximate surface area is 78.4 Å². The summed E-state index contributed by atoms with van der Waals surface area (Å²) in [6.07, 6.45) is 0.910. The summed E-state index contributed by atoms with van der Waals surface area (Å²) in [6, 6.07) is 0. The van der Waals surface area contributed by atoms with Gasteiger partial charge in [0, 0.05) is 0 Å². The topological polar surface area (TPSA) is 58.6 Å². The van der Waals surface area contributed by atoms with Crippen molar-refractivity contribution in [1.29, 1.82) is 0 Å². The molecule has 3 nitrogen and oxygen atoms in total. The van der Waals surface area contributed by atoms with Gasteiger partial charge in [-0.1, -0.05) is 25.9 Å². The van der Waals surface area contributed by atoms with Gasteiger partial charge in [-0.15, -0.1) is 0 Å². The summed E-state index contributed by atoms with van der Waals surface area (Å²) in [4.78, 5) is 0. The molecule has 12 heavy (non-hydrogen) atoms. The van der Waals surface area contributed by atoms with Crippen LogP contribution in [0.1, 0.15) is 27.2 Å². The van der Waals surface area contributed by atoms with Crippen LogP contribution in [0.4, 0.5) is 0 Å². The van der Waals surface area contributed by atoms with E-state index >= 15 is 0 Å². The summed E-state index contributed by atoms with van der Waals surface area (Å²) in [5.41, 5.74) is 5.49. The minimum atomic E-state index is 0.164. The molecule has 0 bridgehead atoms. The van der Waals surface area contributed by atoms with E-state index in [0.29, 0.717) is 11.8 Å². The van der Waals surface area contributed by atoms with Gasteiger partial charge in [0.25, 0.3) is 0 Å². The van der Waals surface area contributed by atoms with E-state index in [2.05, 4.69) is 19.0 Å². The predicted octanol–water partition coefficient (Wildman–Crippen LogP) is 1.90. The Hall–Kier alpha value is -0.380. The van der Waals surface area contributed by atoms with Gasteiger partial charge in [0.1, 0.15) is 0 Å². The molecule has 0 aromatic rings. The molecule has 0 heterocycles. The average Bonchev–Trinajstić information content (AvgIpc) is 2.04. The van der Waals surface area contributed by atoms with Crippen LogP contribution < -0.4 is 5.73 Å². The average molecular weight is 190 g/mol. The van der Waals surface area contributed by atoms with E-state index in [-0.39, 0.29) is 5.25 Å². The standard InChI is InChI=1S/C8H18N2OS/c1-4-7(8(9)10-11)12-5-6(2)3/h6-7,11H,4-5H2,1-3H3,(H2,9,10). The van der Waals surface area contributed by atoms with E-state index in [9.17, 15) is 0 Å². The molecule has 3 N–H and O–H groups in total. The summed E-state index contributed by atoms with van der Waals surface area (Å²) in [7, 11) is 0. The van der Waals surface area contributed by atoms with Crippen molar-refractivity contribution >= 4 is 17.6 Å². The van der Waals surface area contributed by atoms with Crippen LogP contribution in [0.25, 0.3) is 0 Å². The molecule has 4 heteroatoms. The molecule has 72 valence electrons. The van der Waals surface area contributed by atoms with E-state index in [0.717, 1.165) is 12.2 Å². The summed E-state index contributed by atoms with van der Waals surface area (Å²) in [6.45, 7) is 6.36. The van der Waals surface area contributed by atoms with Crippen molar-refractivity contribution in [2.75, 3.05) is 5.75 Å². The Morgan fingerprint density at radius 2 is 2.17 bits per heavy atom. The molecule has 0 fully saturated rings. The van der Waals surface area contributed by atoms with Gasteiger partial charge in [0.05, 0.1) is 5.25 Å². The second kappa shape index (κ2) is 6.17. The molecule has 0 radical (unpaired) electrons. The first-order valence-electron chi connectivity index (χ1n) is 4.20. The van der Waals surface area contributed by atoms with Crippen molar-refractivity contribution in [1.82, 2.24) is 0 Å². The predicted molar refractivity (Wildman–Crippen MR) is 54.8 cm³/mol. The van der Waals surface area contributed by atoms with Crippen molar-refractivity contribution in [2.45, 2.75) is 32.4 Å². The molecule has 0 spiro atoms. The fourth-order valence-corrected chi connectivity index (χ4v) is 1.86. The number of oxime groups is 1. The molecule has 0 aliphatic carbocycles. The van der Waals surface area contributed by atoms with Crippen LogP contribution in [-0.2, 0) is 0 Å². The third kappa shape index (κ3) is 4.49. The van der Waals surface area contributed by atoms with Gasteiger partial charge in [-0.05, 0) is 18.1 Å². The third-order valence-electron chi connectivity index (χ3n) is 1.45. The van der Waals surface area contributed by atoms with Crippen molar-refractivity contribution in [2.24, 2.45) is 16.8 Å². The van der Waals surface area contributed by atoms with E-state index in [1.165, 1.54) is 0 Å². The zero-order chi connectivity index (χ0) is 9.56. The van der Waals surface area contributed by atoms with Gasteiger partial charge < -0.3 is 10.9 Å². The van der Waals surface area contributed by atoms with Crippen molar-refractivity contribution in [3.8, 4) is 0 Å². The fraction of sp³-hybridized carbons (Fsp3) is 0.875. The number of hydrogen-bond acceptors (Lipinski definition) is 3. The number of amidine groups is 1.